The van der Waals surface area contributed by atoms with E-state index in [9.17, 15) is 14.4 Å². The first kappa shape index (κ1) is 20.0. The molecule has 7 heteroatoms. The number of carbonyl (C=O) groups excluding carboxylic acids is 3. The number of methoxy groups -OCH3 is 2. The molecule has 0 saturated heterocycles. The zero-order valence-corrected chi connectivity index (χ0v) is 15.5. The quantitative estimate of drug-likeness (QED) is 0.730. The van der Waals surface area contributed by atoms with Gasteiger partial charge in [0.1, 0.15) is 11.3 Å². The number of hydrogen-bond acceptors (Lipinski definition) is 5. The maximum absolute atomic E-state index is 12.1. The van der Waals surface area contributed by atoms with Crippen molar-refractivity contribution in [1.29, 1.82) is 0 Å². The molecule has 2 amide bonds. The van der Waals surface area contributed by atoms with Crippen molar-refractivity contribution >= 4 is 23.5 Å². The predicted octanol–water partition coefficient (Wildman–Crippen LogP) is 2.30. The molecule has 0 unspecified atom stereocenters. The summed E-state index contributed by atoms with van der Waals surface area (Å²) in [6.45, 7) is 1.71. The van der Waals surface area contributed by atoms with Crippen LogP contribution < -0.4 is 15.4 Å². The fraction of sp³-hybridized carbons (Fsp3) is 0.250. The number of rotatable bonds is 7. The van der Waals surface area contributed by atoms with E-state index in [1.165, 1.54) is 21.1 Å². The minimum Gasteiger partial charge on any atom is -0.496 e. The molecular formula is C20H22N2O5. The van der Waals surface area contributed by atoms with Gasteiger partial charge >= 0.3 is 5.97 Å². The topological polar surface area (TPSA) is 93.7 Å². The first-order valence-electron chi connectivity index (χ1n) is 8.31. The van der Waals surface area contributed by atoms with E-state index in [0.717, 1.165) is 11.1 Å². The minimum atomic E-state index is -0.501. The molecule has 0 heterocycles. The Labute approximate surface area is 157 Å². The summed E-state index contributed by atoms with van der Waals surface area (Å²) in [5.74, 6) is -0.389. The van der Waals surface area contributed by atoms with Crippen molar-refractivity contribution in [3.63, 3.8) is 0 Å². The number of ether oxygens (including phenoxy) is 2. The molecule has 2 aromatic carbocycles. The van der Waals surface area contributed by atoms with Crippen LogP contribution in [0.5, 0.6) is 5.75 Å². The summed E-state index contributed by atoms with van der Waals surface area (Å²) in [4.78, 5) is 35.0. The summed E-state index contributed by atoms with van der Waals surface area (Å²) < 4.78 is 9.89. The third-order valence-electron chi connectivity index (χ3n) is 3.80. The number of amides is 2. The molecule has 27 heavy (non-hydrogen) atoms. The number of benzene rings is 2. The Morgan fingerprint density at radius 2 is 1.63 bits per heavy atom. The smallest absolute Gasteiger partial charge is 0.341 e. The molecule has 0 aliphatic rings. The first-order chi connectivity index (χ1) is 12.9. The van der Waals surface area contributed by atoms with Gasteiger partial charge in [0, 0.05) is 19.2 Å². The number of esters is 1. The molecule has 0 saturated carbocycles. The average Bonchev–Trinajstić information content (AvgIpc) is 2.66. The molecule has 0 atom stereocenters. The molecule has 0 bridgehead atoms. The van der Waals surface area contributed by atoms with Gasteiger partial charge in [0.2, 0.25) is 11.8 Å². The van der Waals surface area contributed by atoms with Crippen molar-refractivity contribution in [2.45, 2.75) is 19.9 Å². The van der Waals surface area contributed by atoms with Gasteiger partial charge in [-0.15, -0.1) is 0 Å². The molecule has 2 rings (SSSR count). The van der Waals surface area contributed by atoms with E-state index in [1.54, 1.807) is 42.5 Å². The van der Waals surface area contributed by atoms with E-state index in [2.05, 4.69) is 10.6 Å². The van der Waals surface area contributed by atoms with Crippen LogP contribution in [-0.2, 0) is 27.3 Å². The zero-order valence-electron chi connectivity index (χ0n) is 15.5. The Hall–Kier alpha value is -3.35. The zero-order chi connectivity index (χ0) is 19.8. The Bertz CT molecular complexity index is 831. The summed E-state index contributed by atoms with van der Waals surface area (Å²) in [6.07, 6.45) is 0.209. The van der Waals surface area contributed by atoms with Gasteiger partial charge in [-0.3, -0.25) is 9.59 Å². The van der Waals surface area contributed by atoms with Crippen molar-refractivity contribution in [3.8, 4) is 5.75 Å². The lowest BCUT2D eigenvalue weighted by molar-refractivity contribution is -0.120. The standard InChI is InChI=1S/C20H22N2O5/c1-13(23)22-16-7-4-14(5-8-16)11-19(24)21-12-15-6-9-18(26-2)17(10-15)20(25)27-3/h4-10H,11-12H2,1-3H3,(H,21,24)(H,22,23). The highest BCUT2D eigenvalue weighted by molar-refractivity contribution is 5.92. The van der Waals surface area contributed by atoms with Crippen molar-refractivity contribution < 1.29 is 23.9 Å². The van der Waals surface area contributed by atoms with Crippen molar-refractivity contribution in [3.05, 3.63) is 59.2 Å². The maximum atomic E-state index is 12.1. The second kappa shape index (κ2) is 9.38. The molecule has 0 aromatic heterocycles. The molecule has 7 nitrogen and oxygen atoms in total. The van der Waals surface area contributed by atoms with Crippen molar-refractivity contribution in [1.82, 2.24) is 5.32 Å². The van der Waals surface area contributed by atoms with Crippen LogP contribution in [0, 0.1) is 0 Å². The minimum absolute atomic E-state index is 0.147. The summed E-state index contributed by atoms with van der Waals surface area (Å²) in [6, 6.07) is 12.1. The molecular weight excluding hydrogens is 348 g/mol. The van der Waals surface area contributed by atoms with Gasteiger partial charge in [0.25, 0.3) is 0 Å². The largest absolute Gasteiger partial charge is 0.496 e. The van der Waals surface area contributed by atoms with Gasteiger partial charge in [-0.05, 0) is 35.4 Å². The van der Waals surface area contributed by atoms with Crippen LogP contribution in [0.25, 0.3) is 0 Å². The fourth-order valence-electron chi connectivity index (χ4n) is 2.49. The third kappa shape index (κ3) is 5.85. The lowest BCUT2D eigenvalue weighted by Gasteiger charge is -2.10. The molecule has 0 spiro atoms. The van der Waals surface area contributed by atoms with Crippen LogP contribution in [-0.4, -0.2) is 32.0 Å². The van der Waals surface area contributed by atoms with Gasteiger partial charge in [-0.2, -0.15) is 0 Å². The van der Waals surface area contributed by atoms with Gasteiger partial charge in [-0.1, -0.05) is 18.2 Å². The molecule has 2 N–H and O–H groups in total. The van der Waals surface area contributed by atoms with Crippen LogP contribution >= 0.6 is 0 Å². The van der Waals surface area contributed by atoms with Gasteiger partial charge in [0.05, 0.1) is 20.6 Å². The lowest BCUT2D eigenvalue weighted by atomic mass is 10.1. The molecule has 0 radical (unpaired) electrons. The highest BCUT2D eigenvalue weighted by atomic mass is 16.5. The second-order valence-electron chi connectivity index (χ2n) is 5.86. The number of anilines is 1. The van der Waals surface area contributed by atoms with E-state index < -0.39 is 5.97 Å². The Morgan fingerprint density at radius 3 is 2.22 bits per heavy atom. The van der Waals surface area contributed by atoms with E-state index in [4.69, 9.17) is 9.47 Å². The molecule has 2 aromatic rings. The average molecular weight is 370 g/mol. The summed E-state index contributed by atoms with van der Waals surface area (Å²) in [5, 5.41) is 5.49. The van der Waals surface area contributed by atoms with Gasteiger partial charge in [0.15, 0.2) is 0 Å². The third-order valence-corrected chi connectivity index (χ3v) is 3.80. The van der Waals surface area contributed by atoms with Crippen molar-refractivity contribution in [2.24, 2.45) is 0 Å². The van der Waals surface area contributed by atoms with Crippen LogP contribution in [0.4, 0.5) is 5.69 Å². The normalized spacial score (nSPS) is 10.0. The fourth-order valence-corrected chi connectivity index (χ4v) is 2.49. The van der Waals surface area contributed by atoms with Crippen LogP contribution in [0.1, 0.15) is 28.4 Å². The Morgan fingerprint density at radius 1 is 0.963 bits per heavy atom. The monoisotopic (exact) mass is 370 g/mol. The van der Waals surface area contributed by atoms with E-state index in [-0.39, 0.29) is 24.8 Å². The van der Waals surface area contributed by atoms with Crippen LogP contribution in [0.15, 0.2) is 42.5 Å². The number of nitrogens with one attached hydrogen (secondary N) is 2. The number of carbonyl (C=O) groups is 3. The SMILES string of the molecule is COC(=O)c1cc(CNC(=O)Cc2ccc(NC(C)=O)cc2)ccc1OC. The first-order valence-corrected chi connectivity index (χ1v) is 8.31. The molecule has 0 aliphatic heterocycles. The van der Waals surface area contributed by atoms with Crippen molar-refractivity contribution in [2.75, 3.05) is 19.5 Å². The molecule has 142 valence electrons. The van der Waals surface area contributed by atoms with E-state index in [1.807, 2.05) is 0 Å². The van der Waals surface area contributed by atoms with E-state index in [0.29, 0.717) is 17.0 Å². The predicted molar refractivity (Wildman–Crippen MR) is 101 cm³/mol. The lowest BCUT2D eigenvalue weighted by Crippen LogP contribution is -2.24. The van der Waals surface area contributed by atoms with Crippen LogP contribution in [0.3, 0.4) is 0 Å². The summed E-state index contributed by atoms with van der Waals surface area (Å²) in [5.41, 5.74) is 2.57. The summed E-state index contributed by atoms with van der Waals surface area (Å²) in [7, 11) is 2.77. The molecule has 0 fully saturated rings. The van der Waals surface area contributed by atoms with Gasteiger partial charge < -0.3 is 20.1 Å². The number of hydrogen-bond donors (Lipinski definition) is 2. The summed E-state index contributed by atoms with van der Waals surface area (Å²) >= 11 is 0. The highest BCUT2D eigenvalue weighted by Crippen LogP contribution is 2.20. The second-order valence-corrected chi connectivity index (χ2v) is 5.86. The van der Waals surface area contributed by atoms with Crippen LogP contribution in [0.2, 0.25) is 0 Å². The Kier molecular flexibility index (Phi) is 6.93. The maximum Gasteiger partial charge on any atom is 0.341 e. The van der Waals surface area contributed by atoms with E-state index >= 15 is 0 Å². The highest BCUT2D eigenvalue weighted by Gasteiger charge is 2.13. The Balaban J connectivity index is 1.95. The van der Waals surface area contributed by atoms with Gasteiger partial charge in [-0.25, -0.2) is 4.79 Å². The molecule has 0 aliphatic carbocycles.